The summed E-state index contributed by atoms with van der Waals surface area (Å²) in [7, 11) is 1.69. The highest BCUT2D eigenvalue weighted by Crippen LogP contribution is 2.15. The van der Waals surface area contributed by atoms with Gasteiger partial charge in [-0.1, -0.05) is 11.6 Å². The lowest BCUT2D eigenvalue weighted by atomic mass is 10.2. The highest BCUT2D eigenvalue weighted by molar-refractivity contribution is 6.30. The van der Waals surface area contributed by atoms with Gasteiger partial charge in [-0.3, -0.25) is 14.9 Å². The van der Waals surface area contributed by atoms with Crippen LogP contribution in [-0.2, 0) is 7.05 Å². The monoisotopic (exact) mass is 292 g/mol. The fourth-order valence-electron chi connectivity index (χ4n) is 1.70. The third kappa shape index (κ3) is 2.65. The normalized spacial score (nSPS) is 10.3. The van der Waals surface area contributed by atoms with Gasteiger partial charge in [-0.25, -0.2) is 4.98 Å². The van der Waals surface area contributed by atoms with Crippen molar-refractivity contribution >= 4 is 29.4 Å². The maximum atomic E-state index is 12.0. The average molecular weight is 293 g/mol. The summed E-state index contributed by atoms with van der Waals surface area (Å²) >= 11 is 5.76. The van der Waals surface area contributed by atoms with Crippen LogP contribution in [0.1, 0.15) is 26.5 Å². The van der Waals surface area contributed by atoms with Gasteiger partial charge in [-0.15, -0.1) is 0 Å². The first-order valence-corrected chi connectivity index (χ1v) is 6.18. The minimum absolute atomic E-state index is 0.138. The number of hydrogen-bond acceptors (Lipinski definition) is 3. The Hall–Kier alpha value is -2.34. The zero-order valence-corrected chi connectivity index (χ0v) is 11.7. The van der Waals surface area contributed by atoms with Gasteiger partial charge in [0, 0.05) is 23.3 Å². The first kappa shape index (κ1) is 14.1. The average Bonchev–Trinajstić information content (AvgIpc) is 2.68. The highest BCUT2D eigenvalue weighted by atomic mass is 35.5. The lowest BCUT2D eigenvalue weighted by molar-refractivity contribution is 0.0991. The Balaban J connectivity index is 2.26. The summed E-state index contributed by atoms with van der Waals surface area (Å²) in [6, 6.07) is 6.44. The molecule has 0 aliphatic heterocycles. The van der Waals surface area contributed by atoms with Crippen molar-refractivity contribution in [3.8, 4) is 0 Å². The molecule has 1 aromatic carbocycles. The molecule has 104 valence electrons. The number of nitrogens with one attached hydrogen (secondary N) is 1. The lowest BCUT2D eigenvalue weighted by Crippen LogP contribution is -2.15. The molecule has 0 saturated heterocycles. The van der Waals surface area contributed by atoms with Gasteiger partial charge < -0.3 is 10.3 Å². The lowest BCUT2D eigenvalue weighted by Gasteiger charge is -2.05. The van der Waals surface area contributed by atoms with E-state index in [0.717, 1.165) is 0 Å². The standard InChI is InChI=1S/C13H13ClN4O2/c1-7-10(11(15)19)16-13(18(7)2)17-12(20)8-3-5-9(14)6-4-8/h3-6H,1-2H3,(H2,15,19)(H,16,17,20). The number of nitrogens with zero attached hydrogens (tertiary/aromatic N) is 2. The number of carbonyl (C=O) groups is 2. The van der Waals surface area contributed by atoms with Gasteiger partial charge in [-0.05, 0) is 31.2 Å². The van der Waals surface area contributed by atoms with Crippen molar-refractivity contribution in [1.82, 2.24) is 9.55 Å². The second-order valence-electron chi connectivity index (χ2n) is 4.25. The van der Waals surface area contributed by atoms with E-state index in [2.05, 4.69) is 10.3 Å². The highest BCUT2D eigenvalue weighted by Gasteiger charge is 2.17. The number of rotatable bonds is 3. The maximum absolute atomic E-state index is 12.0. The van der Waals surface area contributed by atoms with Crippen LogP contribution < -0.4 is 11.1 Å². The molecule has 3 N–H and O–H groups in total. The smallest absolute Gasteiger partial charge is 0.269 e. The first-order chi connectivity index (χ1) is 9.40. The van der Waals surface area contributed by atoms with Gasteiger partial charge in [0.25, 0.3) is 11.8 Å². The van der Waals surface area contributed by atoms with Crippen LogP contribution in [0.15, 0.2) is 24.3 Å². The van der Waals surface area contributed by atoms with E-state index in [-0.39, 0.29) is 17.5 Å². The Morgan fingerprint density at radius 2 is 1.90 bits per heavy atom. The Morgan fingerprint density at radius 3 is 2.40 bits per heavy atom. The van der Waals surface area contributed by atoms with Gasteiger partial charge >= 0.3 is 0 Å². The van der Waals surface area contributed by atoms with Gasteiger partial charge in [0.15, 0.2) is 5.69 Å². The van der Waals surface area contributed by atoms with E-state index < -0.39 is 5.91 Å². The van der Waals surface area contributed by atoms with E-state index in [1.165, 1.54) is 0 Å². The van der Waals surface area contributed by atoms with Crippen molar-refractivity contribution in [1.29, 1.82) is 0 Å². The molecule has 0 aliphatic carbocycles. The fraction of sp³-hybridized carbons (Fsp3) is 0.154. The summed E-state index contributed by atoms with van der Waals surface area (Å²) in [6.45, 7) is 1.70. The number of nitrogens with two attached hydrogens (primary N) is 1. The molecule has 2 aromatic rings. The predicted octanol–water partition coefficient (Wildman–Crippen LogP) is 1.73. The second kappa shape index (κ2) is 5.34. The molecule has 0 saturated carbocycles. The van der Waals surface area contributed by atoms with Crippen LogP contribution >= 0.6 is 11.6 Å². The Labute approximate surface area is 120 Å². The summed E-state index contributed by atoms with van der Waals surface area (Å²) in [4.78, 5) is 27.3. The summed E-state index contributed by atoms with van der Waals surface area (Å²) in [6.07, 6.45) is 0. The van der Waals surface area contributed by atoms with E-state index in [4.69, 9.17) is 17.3 Å². The van der Waals surface area contributed by atoms with Gasteiger partial charge in [0.1, 0.15) is 0 Å². The SMILES string of the molecule is Cc1c(C(N)=O)nc(NC(=O)c2ccc(Cl)cc2)n1C. The van der Waals surface area contributed by atoms with Gasteiger partial charge in [0.05, 0.1) is 0 Å². The summed E-state index contributed by atoms with van der Waals surface area (Å²) in [5, 5.41) is 3.17. The predicted molar refractivity (Wildman–Crippen MR) is 75.9 cm³/mol. The molecule has 2 rings (SSSR count). The van der Waals surface area contributed by atoms with E-state index in [9.17, 15) is 9.59 Å². The Kier molecular flexibility index (Phi) is 3.76. The summed E-state index contributed by atoms with van der Waals surface area (Å²) < 4.78 is 1.59. The molecule has 0 aliphatic rings. The molecule has 0 spiro atoms. The Bertz CT molecular complexity index is 676. The van der Waals surface area contributed by atoms with Crippen LogP contribution in [0, 0.1) is 6.92 Å². The molecule has 0 bridgehead atoms. The maximum Gasteiger partial charge on any atom is 0.269 e. The van der Waals surface area contributed by atoms with Crippen LogP contribution in [0.5, 0.6) is 0 Å². The number of hydrogen-bond donors (Lipinski definition) is 2. The van der Waals surface area contributed by atoms with Crippen LogP contribution in [0.4, 0.5) is 5.95 Å². The largest absolute Gasteiger partial charge is 0.364 e. The topological polar surface area (TPSA) is 90.0 Å². The molecule has 1 aromatic heterocycles. The van der Waals surface area contributed by atoms with Crippen LogP contribution in [-0.4, -0.2) is 21.4 Å². The number of primary amides is 1. The molecule has 2 amide bonds. The van der Waals surface area contributed by atoms with Crippen molar-refractivity contribution in [2.45, 2.75) is 6.92 Å². The zero-order chi connectivity index (χ0) is 14.9. The molecular formula is C13H13ClN4O2. The van der Waals surface area contributed by atoms with Crippen molar-refractivity contribution in [2.75, 3.05) is 5.32 Å². The first-order valence-electron chi connectivity index (χ1n) is 5.80. The number of halogens is 1. The molecular weight excluding hydrogens is 280 g/mol. The van der Waals surface area contributed by atoms with Crippen molar-refractivity contribution in [2.24, 2.45) is 12.8 Å². The molecule has 1 heterocycles. The number of amides is 2. The number of anilines is 1. The third-order valence-corrected chi connectivity index (χ3v) is 3.20. The number of benzene rings is 1. The number of imidazole rings is 1. The molecule has 0 atom stereocenters. The van der Waals surface area contributed by atoms with Crippen LogP contribution in [0.2, 0.25) is 5.02 Å². The van der Waals surface area contributed by atoms with E-state index >= 15 is 0 Å². The van der Waals surface area contributed by atoms with Crippen LogP contribution in [0.25, 0.3) is 0 Å². The molecule has 0 radical (unpaired) electrons. The van der Waals surface area contributed by atoms with Crippen molar-refractivity contribution in [3.63, 3.8) is 0 Å². The van der Waals surface area contributed by atoms with Gasteiger partial charge in [0.2, 0.25) is 5.95 Å². The van der Waals surface area contributed by atoms with Gasteiger partial charge in [-0.2, -0.15) is 0 Å². The summed E-state index contributed by atoms with van der Waals surface area (Å²) in [5.41, 5.74) is 6.38. The molecule has 20 heavy (non-hydrogen) atoms. The minimum atomic E-state index is -0.634. The van der Waals surface area contributed by atoms with E-state index in [1.807, 2.05) is 0 Å². The van der Waals surface area contributed by atoms with Crippen molar-refractivity contribution in [3.05, 3.63) is 46.2 Å². The molecule has 6 nitrogen and oxygen atoms in total. The van der Waals surface area contributed by atoms with Crippen molar-refractivity contribution < 1.29 is 9.59 Å². The van der Waals surface area contributed by atoms with E-state index in [0.29, 0.717) is 16.3 Å². The second-order valence-corrected chi connectivity index (χ2v) is 4.69. The summed E-state index contributed by atoms with van der Waals surface area (Å²) in [5.74, 6) is -0.716. The third-order valence-electron chi connectivity index (χ3n) is 2.95. The van der Waals surface area contributed by atoms with Crippen LogP contribution in [0.3, 0.4) is 0 Å². The molecule has 7 heteroatoms. The Morgan fingerprint density at radius 1 is 1.30 bits per heavy atom. The zero-order valence-electron chi connectivity index (χ0n) is 11.0. The molecule has 0 unspecified atom stereocenters. The minimum Gasteiger partial charge on any atom is -0.364 e. The fourth-order valence-corrected chi connectivity index (χ4v) is 1.83. The molecule has 0 fully saturated rings. The number of aromatic nitrogens is 2. The number of carbonyl (C=O) groups excluding carboxylic acids is 2. The quantitative estimate of drug-likeness (QED) is 0.902. The van der Waals surface area contributed by atoms with E-state index in [1.54, 1.807) is 42.8 Å².